The van der Waals surface area contributed by atoms with Crippen LogP contribution in [0.25, 0.3) is 0 Å². The molecule has 78 valence electrons. The minimum Gasteiger partial charge on any atom is -0.346 e. The molecule has 14 heavy (non-hydrogen) atoms. The van der Waals surface area contributed by atoms with Gasteiger partial charge in [0.25, 0.3) is 0 Å². The molecule has 0 spiro atoms. The highest BCUT2D eigenvalue weighted by Crippen LogP contribution is 2.27. The third-order valence-corrected chi connectivity index (χ3v) is 3.81. The molecule has 0 aromatic carbocycles. The van der Waals surface area contributed by atoms with Crippen LogP contribution in [-0.4, -0.2) is 21.6 Å². The third kappa shape index (κ3) is 1.89. The molecule has 1 saturated heterocycles. The van der Waals surface area contributed by atoms with Gasteiger partial charge in [-0.1, -0.05) is 0 Å². The number of hydrogen-bond donors (Lipinski definition) is 0. The van der Waals surface area contributed by atoms with Crippen LogP contribution in [0.1, 0.15) is 30.3 Å². The summed E-state index contributed by atoms with van der Waals surface area (Å²) >= 11 is 3.54. The first-order chi connectivity index (χ1) is 6.68. The summed E-state index contributed by atoms with van der Waals surface area (Å²) < 4.78 is 4.72. The lowest BCUT2D eigenvalue weighted by Gasteiger charge is -2.30. The molecule has 2 nitrogen and oxygen atoms in total. The summed E-state index contributed by atoms with van der Waals surface area (Å²) in [5.74, 6) is 0. The van der Waals surface area contributed by atoms with Gasteiger partial charge in [-0.15, -0.1) is 0 Å². The first kappa shape index (κ1) is 10.2. The number of rotatable bonds is 1. The van der Waals surface area contributed by atoms with Crippen molar-refractivity contribution in [2.75, 3.05) is 13.1 Å². The van der Waals surface area contributed by atoms with Crippen LogP contribution in [0.3, 0.4) is 0 Å². The van der Waals surface area contributed by atoms with Gasteiger partial charge in [-0.3, -0.25) is 0 Å². The first-order valence-electron chi connectivity index (χ1n) is 5.23. The van der Waals surface area contributed by atoms with E-state index in [1.807, 2.05) is 0 Å². The van der Waals surface area contributed by atoms with Crippen LogP contribution in [0.4, 0.5) is 0 Å². The lowest BCUT2D eigenvalue weighted by Crippen LogP contribution is -2.28. The van der Waals surface area contributed by atoms with E-state index in [2.05, 4.69) is 50.6 Å². The molecule has 1 aliphatic rings. The Bertz CT molecular complexity index is 292. The fourth-order valence-electron chi connectivity index (χ4n) is 2.35. The summed E-state index contributed by atoms with van der Waals surface area (Å²) in [5, 5.41) is 0. The molecule has 2 heterocycles. The van der Waals surface area contributed by atoms with E-state index in [0.29, 0.717) is 6.04 Å². The summed E-state index contributed by atoms with van der Waals surface area (Å²) in [6.45, 7) is 6.71. The SMILES string of the molecule is Cc1ccc(C)n1C1CCN(Br)CC1. The van der Waals surface area contributed by atoms with E-state index < -0.39 is 0 Å². The second-order valence-electron chi connectivity index (χ2n) is 4.13. The molecule has 1 aliphatic heterocycles. The number of piperidine rings is 1. The Kier molecular flexibility index (Phi) is 2.98. The van der Waals surface area contributed by atoms with Crippen molar-refractivity contribution in [1.82, 2.24) is 8.49 Å². The van der Waals surface area contributed by atoms with Crippen molar-refractivity contribution >= 4 is 16.1 Å². The number of halogens is 1. The summed E-state index contributed by atoms with van der Waals surface area (Å²) in [5.41, 5.74) is 2.80. The van der Waals surface area contributed by atoms with Crippen LogP contribution >= 0.6 is 16.1 Å². The number of aromatic nitrogens is 1. The van der Waals surface area contributed by atoms with E-state index in [0.717, 1.165) is 13.1 Å². The van der Waals surface area contributed by atoms with Gasteiger partial charge in [-0.25, -0.2) is 3.93 Å². The van der Waals surface area contributed by atoms with Crippen molar-refractivity contribution in [1.29, 1.82) is 0 Å². The van der Waals surface area contributed by atoms with E-state index in [4.69, 9.17) is 0 Å². The van der Waals surface area contributed by atoms with Crippen molar-refractivity contribution in [3.05, 3.63) is 23.5 Å². The molecule has 0 aliphatic carbocycles. The van der Waals surface area contributed by atoms with Crippen LogP contribution in [0, 0.1) is 13.8 Å². The van der Waals surface area contributed by atoms with Crippen LogP contribution in [0.2, 0.25) is 0 Å². The zero-order valence-corrected chi connectivity index (χ0v) is 10.4. The maximum atomic E-state index is 3.54. The summed E-state index contributed by atoms with van der Waals surface area (Å²) in [6.07, 6.45) is 2.50. The third-order valence-electron chi connectivity index (χ3n) is 3.10. The average molecular weight is 257 g/mol. The standard InChI is InChI=1S/C11H17BrN2/c1-9-3-4-10(2)14(9)11-5-7-13(12)8-6-11/h3-4,11H,5-8H2,1-2H3. The highest BCUT2D eigenvalue weighted by Gasteiger charge is 2.20. The quantitative estimate of drug-likeness (QED) is 0.702. The summed E-state index contributed by atoms with van der Waals surface area (Å²) in [7, 11) is 0. The first-order valence-corrected chi connectivity index (χ1v) is 5.94. The van der Waals surface area contributed by atoms with Crippen molar-refractivity contribution < 1.29 is 0 Å². The Balaban J connectivity index is 2.15. The predicted octanol–water partition coefficient (Wildman–Crippen LogP) is 3.05. The Morgan fingerprint density at radius 1 is 1.14 bits per heavy atom. The Morgan fingerprint density at radius 3 is 2.14 bits per heavy atom. The van der Waals surface area contributed by atoms with E-state index in [1.165, 1.54) is 24.2 Å². The molecule has 1 aromatic heterocycles. The fourth-order valence-corrected chi connectivity index (χ4v) is 2.76. The number of nitrogens with zero attached hydrogens (tertiary/aromatic N) is 2. The summed E-state index contributed by atoms with van der Waals surface area (Å²) in [4.78, 5) is 0. The van der Waals surface area contributed by atoms with Crippen LogP contribution in [0.15, 0.2) is 12.1 Å². The second-order valence-corrected chi connectivity index (χ2v) is 5.13. The van der Waals surface area contributed by atoms with Crippen LogP contribution in [-0.2, 0) is 0 Å². The zero-order valence-electron chi connectivity index (χ0n) is 8.83. The Labute approximate surface area is 94.2 Å². The van der Waals surface area contributed by atoms with Gasteiger partial charge in [-0.2, -0.15) is 0 Å². The van der Waals surface area contributed by atoms with Gasteiger partial charge in [0.2, 0.25) is 0 Å². The van der Waals surface area contributed by atoms with Gasteiger partial charge in [-0.05, 0) is 38.8 Å². The molecule has 3 heteroatoms. The van der Waals surface area contributed by atoms with E-state index in [-0.39, 0.29) is 0 Å². The minimum absolute atomic E-state index is 0.707. The predicted molar refractivity (Wildman–Crippen MR) is 62.7 cm³/mol. The molecule has 2 rings (SSSR count). The van der Waals surface area contributed by atoms with Gasteiger partial charge >= 0.3 is 0 Å². The molecule has 0 N–H and O–H groups in total. The van der Waals surface area contributed by atoms with Gasteiger partial charge in [0.05, 0.1) is 0 Å². The minimum atomic E-state index is 0.707. The topological polar surface area (TPSA) is 8.17 Å². The van der Waals surface area contributed by atoms with Crippen molar-refractivity contribution in [2.24, 2.45) is 0 Å². The molecule has 1 aromatic rings. The maximum absolute atomic E-state index is 3.54. The van der Waals surface area contributed by atoms with Crippen molar-refractivity contribution in [3.63, 3.8) is 0 Å². The molecule has 0 amide bonds. The molecule has 0 atom stereocenters. The lowest BCUT2D eigenvalue weighted by atomic mass is 10.1. The fraction of sp³-hybridized carbons (Fsp3) is 0.636. The van der Waals surface area contributed by atoms with E-state index in [9.17, 15) is 0 Å². The maximum Gasteiger partial charge on any atom is 0.0360 e. The van der Waals surface area contributed by atoms with E-state index in [1.54, 1.807) is 0 Å². The van der Waals surface area contributed by atoms with Crippen LogP contribution < -0.4 is 0 Å². The average Bonchev–Trinajstić information content (AvgIpc) is 2.49. The highest BCUT2D eigenvalue weighted by molar-refractivity contribution is 9.07. The van der Waals surface area contributed by atoms with Gasteiger partial charge in [0.15, 0.2) is 0 Å². The smallest absolute Gasteiger partial charge is 0.0360 e. The van der Waals surface area contributed by atoms with Crippen molar-refractivity contribution in [3.8, 4) is 0 Å². The number of aryl methyl sites for hydroxylation is 2. The Morgan fingerprint density at radius 2 is 1.64 bits per heavy atom. The molecule has 0 saturated carbocycles. The highest BCUT2D eigenvalue weighted by atomic mass is 79.9. The van der Waals surface area contributed by atoms with E-state index >= 15 is 0 Å². The Hall–Kier alpha value is -0.280. The van der Waals surface area contributed by atoms with Gasteiger partial charge in [0.1, 0.15) is 0 Å². The molecular formula is C11H17BrN2. The molecule has 0 unspecified atom stereocenters. The van der Waals surface area contributed by atoms with Gasteiger partial charge in [0, 0.05) is 46.7 Å². The second kappa shape index (κ2) is 4.07. The van der Waals surface area contributed by atoms with Crippen molar-refractivity contribution in [2.45, 2.75) is 32.7 Å². The molecular weight excluding hydrogens is 240 g/mol. The van der Waals surface area contributed by atoms with Crippen LogP contribution in [0.5, 0.6) is 0 Å². The zero-order chi connectivity index (χ0) is 10.1. The monoisotopic (exact) mass is 256 g/mol. The largest absolute Gasteiger partial charge is 0.346 e. The summed E-state index contributed by atoms with van der Waals surface area (Å²) in [6, 6.07) is 5.14. The molecule has 1 fully saturated rings. The lowest BCUT2D eigenvalue weighted by molar-refractivity contribution is 0.293. The molecule has 0 radical (unpaired) electrons. The van der Waals surface area contributed by atoms with Gasteiger partial charge < -0.3 is 4.57 Å². The molecule has 0 bridgehead atoms. The number of hydrogen-bond acceptors (Lipinski definition) is 1. The normalized spacial score (nSPS) is 20.2.